The molecule has 1 aromatic carbocycles. The fourth-order valence-corrected chi connectivity index (χ4v) is 2.86. The predicted octanol–water partition coefficient (Wildman–Crippen LogP) is 2.13. The molecule has 0 aromatic heterocycles. The number of anilines is 1. The van der Waals surface area contributed by atoms with E-state index in [0.717, 1.165) is 45.8 Å². The second-order valence-electron chi connectivity index (χ2n) is 6.65. The molecule has 0 saturated carbocycles. The maximum absolute atomic E-state index is 11.0. The van der Waals surface area contributed by atoms with Gasteiger partial charge in [0.25, 0.3) is 0 Å². The van der Waals surface area contributed by atoms with Crippen molar-refractivity contribution in [1.82, 2.24) is 4.90 Å². The molecule has 1 radical (unpaired) electrons. The molecule has 121 valence electrons. The third-order valence-corrected chi connectivity index (χ3v) is 4.18. The SMILES string of the molecule is COCCN1CCN(c2cccc(CC(C)(C)[C]=O)c2)CC1. The van der Waals surface area contributed by atoms with E-state index in [1.807, 2.05) is 13.8 Å². The van der Waals surface area contributed by atoms with Gasteiger partial charge in [-0.25, -0.2) is 0 Å². The molecule has 4 heteroatoms. The first-order valence-electron chi connectivity index (χ1n) is 7.98. The molecule has 0 N–H and O–H groups in total. The summed E-state index contributed by atoms with van der Waals surface area (Å²) >= 11 is 0. The van der Waals surface area contributed by atoms with Gasteiger partial charge in [-0.1, -0.05) is 26.0 Å². The number of piperazine rings is 1. The largest absolute Gasteiger partial charge is 0.383 e. The average molecular weight is 303 g/mol. The molecule has 1 heterocycles. The molecule has 1 aromatic rings. The van der Waals surface area contributed by atoms with E-state index in [1.54, 1.807) is 7.11 Å². The highest BCUT2D eigenvalue weighted by Crippen LogP contribution is 2.23. The molecule has 0 spiro atoms. The van der Waals surface area contributed by atoms with Crippen LogP contribution in [-0.4, -0.2) is 57.6 Å². The molecule has 1 aliphatic rings. The number of benzene rings is 1. The van der Waals surface area contributed by atoms with Crippen LogP contribution in [0.15, 0.2) is 24.3 Å². The third kappa shape index (κ3) is 4.82. The van der Waals surface area contributed by atoms with Crippen LogP contribution in [0.25, 0.3) is 0 Å². The van der Waals surface area contributed by atoms with Gasteiger partial charge in [0.2, 0.25) is 6.29 Å². The van der Waals surface area contributed by atoms with Crippen molar-refractivity contribution in [2.75, 3.05) is 51.3 Å². The van der Waals surface area contributed by atoms with Crippen molar-refractivity contribution in [3.63, 3.8) is 0 Å². The van der Waals surface area contributed by atoms with Gasteiger partial charge in [0.05, 0.1) is 6.61 Å². The molecule has 2 rings (SSSR count). The third-order valence-electron chi connectivity index (χ3n) is 4.18. The summed E-state index contributed by atoms with van der Waals surface area (Å²) in [5, 5.41) is 0. The summed E-state index contributed by atoms with van der Waals surface area (Å²) in [6, 6.07) is 8.55. The molecule has 4 nitrogen and oxygen atoms in total. The number of carbonyl (C=O) groups excluding carboxylic acids is 1. The fraction of sp³-hybridized carbons (Fsp3) is 0.611. The number of ether oxygens (including phenoxy) is 1. The van der Waals surface area contributed by atoms with Crippen LogP contribution < -0.4 is 4.90 Å². The van der Waals surface area contributed by atoms with Gasteiger partial charge >= 0.3 is 0 Å². The first-order valence-corrected chi connectivity index (χ1v) is 7.98. The standard InChI is InChI=1S/C18H27N2O2/c1-18(2,15-21)14-16-5-4-6-17(13-16)20-9-7-19(8-10-20)11-12-22-3/h4-6,13H,7-12,14H2,1-3H3. The molecular formula is C18H27N2O2. The van der Waals surface area contributed by atoms with Crippen LogP contribution in [0.1, 0.15) is 19.4 Å². The molecule has 0 unspecified atom stereocenters. The molecule has 1 saturated heterocycles. The van der Waals surface area contributed by atoms with E-state index in [-0.39, 0.29) is 0 Å². The summed E-state index contributed by atoms with van der Waals surface area (Å²) in [4.78, 5) is 15.8. The maximum atomic E-state index is 11.0. The van der Waals surface area contributed by atoms with Crippen LogP contribution in [0.4, 0.5) is 5.69 Å². The second kappa shape index (κ2) is 7.75. The molecule has 1 fully saturated rings. The summed E-state index contributed by atoms with van der Waals surface area (Å²) in [6.07, 6.45) is 2.87. The molecule has 0 atom stereocenters. The summed E-state index contributed by atoms with van der Waals surface area (Å²) in [5.74, 6) is 0. The summed E-state index contributed by atoms with van der Waals surface area (Å²) in [5.41, 5.74) is 2.04. The van der Waals surface area contributed by atoms with Crippen LogP contribution in [-0.2, 0) is 16.0 Å². The number of methoxy groups -OCH3 is 1. The molecule has 1 aliphatic heterocycles. The van der Waals surface area contributed by atoms with E-state index in [1.165, 1.54) is 11.3 Å². The predicted molar refractivity (Wildman–Crippen MR) is 90.1 cm³/mol. The topological polar surface area (TPSA) is 32.8 Å². The Hall–Kier alpha value is -1.39. The Balaban J connectivity index is 1.95. The van der Waals surface area contributed by atoms with Gasteiger partial charge < -0.3 is 9.64 Å². The van der Waals surface area contributed by atoms with Crippen LogP contribution in [0.2, 0.25) is 0 Å². The van der Waals surface area contributed by atoms with Crippen LogP contribution in [0.3, 0.4) is 0 Å². The van der Waals surface area contributed by atoms with Gasteiger partial charge in [0.15, 0.2) is 0 Å². The van der Waals surface area contributed by atoms with Gasteiger partial charge in [-0.2, -0.15) is 0 Å². The Morgan fingerprint density at radius 1 is 1.23 bits per heavy atom. The van der Waals surface area contributed by atoms with E-state index in [4.69, 9.17) is 4.74 Å². The lowest BCUT2D eigenvalue weighted by molar-refractivity contribution is 0.144. The van der Waals surface area contributed by atoms with Crippen molar-refractivity contribution < 1.29 is 9.53 Å². The minimum absolute atomic E-state index is 0.419. The highest BCUT2D eigenvalue weighted by atomic mass is 16.5. The van der Waals surface area contributed by atoms with E-state index in [2.05, 4.69) is 40.4 Å². The van der Waals surface area contributed by atoms with Gasteiger partial charge in [0, 0.05) is 50.9 Å². The quantitative estimate of drug-likeness (QED) is 0.772. The highest BCUT2D eigenvalue weighted by molar-refractivity contribution is 5.60. The van der Waals surface area contributed by atoms with Crippen molar-refractivity contribution in [1.29, 1.82) is 0 Å². The monoisotopic (exact) mass is 303 g/mol. The first-order chi connectivity index (χ1) is 10.5. The molecule has 0 aliphatic carbocycles. The van der Waals surface area contributed by atoms with Crippen molar-refractivity contribution >= 4 is 12.0 Å². The fourth-order valence-electron chi connectivity index (χ4n) is 2.86. The average Bonchev–Trinajstić information content (AvgIpc) is 2.53. The number of rotatable bonds is 7. The Kier molecular flexibility index (Phi) is 5.98. The van der Waals surface area contributed by atoms with Gasteiger partial charge in [-0.3, -0.25) is 9.69 Å². The van der Waals surface area contributed by atoms with Crippen molar-refractivity contribution in [3.05, 3.63) is 29.8 Å². The Labute approximate surface area is 134 Å². The first kappa shape index (κ1) is 17.0. The highest BCUT2D eigenvalue weighted by Gasteiger charge is 2.20. The van der Waals surface area contributed by atoms with Gasteiger partial charge in [0.1, 0.15) is 0 Å². The maximum Gasteiger partial charge on any atom is 0.204 e. The number of hydrogen-bond donors (Lipinski definition) is 0. The van der Waals surface area contributed by atoms with E-state index in [0.29, 0.717) is 0 Å². The minimum atomic E-state index is -0.419. The van der Waals surface area contributed by atoms with E-state index >= 15 is 0 Å². The van der Waals surface area contributed by atoms with Crippen LogP contribution in [0.5, 0.6) is 0 Å². The number of nitrogens with zero attached hydrogens (tertiary/aromatic N) is 2. The van der Waals surface area contributed by atoms with Crippen LogP contribution in [0, 0.1) is 5.41 Å². The lowest BCUT2D eigenvalue weighted by atomic mass is 9.87. The lowest BCUT2D eigenvalue weighted by Crippen LogP contribution is -2.47. The van der Waals surface area contributed by atoms with Crippen LogP contribution >= 0.6 is 0 Å². The summed E-state index contributed by atoms with van der Waals surface area (Å²) < 4.78 is 5.14. The Morgan fingerprint density at radius 3 is 2.59 bits per heavy atom. The van der Waals surface area contributed by atoms with Crippen molar-refractivity contribution in [2.24, 2.45) is 5.41 Å². The zero-order chi connectivity index (χ0) is 16.0. The summed E-state index contributed by atoms with van der Waals surface area (Å²) in [7, 11) is 1.75. The van der Waals surface area contributed by atoms with Gasteiger partial charge in [-0.15, -0.1) is 0 Å². The molecule has 0 amide bonds. The minimum Gasteiger partial charge on any atom is -0.383 e. The van der Waals surface area contributed by atoms with Gasteiger partial charge in [-0.05, 0) is 24.1 Å². The molecule has 22 heavy (non-hydrogen) atoms. The lowest BCUT2D eigenvalue weighted by Gasteiger charge is -2.36. The summed E-state index contributed by atoms with van der Waals surface area (Å²) in [6.45, 7) is 9.89. The zero-order valence-corrected chi connectivity index (χ0v) is 14.0. The Morgan fingerprint density at radius 2 is 1.95 bits per heavy atom. The normalized spacial score (nSPS) is 16.8. The molecular weight excluding hydrogens is 276 g/mol. The zero-order valence-electron chi connectivity index (χ0n) is 14.0. The van der Waals surface area contributed by atoms with E-state index < -0.39 is 5.41 Å². The van der Waals surface area contributed by atoms with Crippen molar-refractivity contribution in [2.45, 2.75) is 20.3 Å². The smallest absolute Gasteiger partial charge is 0.204 e. The molecule has 0 bridgehead atoms. The number of hydrogen-bond acceptors (Lipinski definition) is 4. The second-order valence-corrected chi connectivity index (χ2v) is 6.65. The Bertz CT molecular complexity index is 480. The van der Waals surface area contributed by atoms with Crippen molar-refractivity contribution in [3.8, 4) is 0 Å². The van der Waals surface area contributed by atoms with E-state index in [9.17, 15) is 4.79 Å².